The van der Waals surface area contributed by atoms with Crippen LogP contribution in [0.15, 0.2) is 30.3 Å². The van der Waals surface area contributed by atoms with E-state index in [0.717, 1.165) is 23.0 Å². The standard InChI is InChI=1S/C11H10N/c1-2-10-8-7-9-5-3-4-6-11(9)12-10/h3-6,8H,2H2,1H3. The van der Waals surface area contributed by atoms with Gasteiger partial charge in [-0.1, -0.05) is 25.1 Å². The lowest BCUT2D eigenvalue weighted by Gasteiger charge is -1.98. The van der Waals surface area contributed by atoms with Crippen LogP contribution in [-0.4, -0.2) is 4.98 Å². The highest BCUT2D eigenvalue weighted by Crippen LogP contribution is 2.10. The van der Waals surface area contributed by atoms with Crippen molar-refractivity contribution < 1.29 is 0 Å². The fourth-order valence-electron chi connectivity index (χ4n) is 1.22. The molecule has 1 aromatic heterocycles. The Balaban J connectivity index is 2.67. The summed E-state index contributed by atoms with van der Waals surface area (Å²) in [6.45, 7) is 2.10. The number of rotatable bonds is 1. The number of fused-ring (bicyclic) bond motifs is 1. The topological polar surface area (TPSA) is 12.9 Å². The third-order valence-corrected chi connectivity index (χ3v) is 1.92. The molecule has 0 fully saturated rings. The molecule has 2 rings (SSSR count). The lowest BCUT2D eigenvalue weighted by atomic mass is 10.2. The zero-order valence-corrected chi connectivity index (χ0v) is 7.04. The molecule has 0 bridgehead atoms. The van der Waals surface area contributed by atoms with E-state index in [1.54, 1.807) is 0 Å². The minimum absolute atomic E-state index is 0.974. The Morgan fingerprint density at radius 1 is 1.33 bits per heavy atom. The van der Waals surface area contributed by atoms with Crippen LogP contribution in [0, 0.1) is 6.07 Å². The van der Waals surface area contributed by atoms with Gasteiger partial charge in [0.2, 0.25) is 0 Å². The van der Waals surface area contributed by atoms with Crippen LogP contribution in [0.5, 0.6) is 0 Å². The molecular formula is C11H10N. The Morgan fingerprint density at radius 2 is 2.17 bits per heavy atom. The molecule has 12 heavy (non-hydrogen) atoms. The van der Waals surface area contributed by atoms with E-state index in [-0.39, 0.29) is 0 Å². The minimum Gasteiger partial charge on any atom is -0.253 e. The largest absolute Gasteiger partial charge is 0.253 e. The molecule has 0 saturated heterocycles. The van der Waals surface area contributed by atoms with Gasteiger partial charge in [-0.05, 0) is 24.6 Å². The molecule has 0 amide bonds. The van der Waals surface area contributed by atoms with Crippen LogP contribution < -0.4 is 0 Å². The summed E-state index contributed by atoms with van der Waals surface area (Å²) >= 11 is 0. The van der Waals surface area contributed by atoms with Crippen LogP contribution in [0.1, 0.15) is 12.6 Å². The molecule has 1 aromatic carbocycles. The molecule has 0 atom stereocenters. The van der Waals surface area contributed by atoms with Gasteiger partial charge < -0.3 is 0 Å². The number of para-hydroxylation sites is 1. The van der Waals surface area contributed by atoms with Gasteiger partial charge in [0.15, 0.2) is 0 Å². The lowest BCUT2D eigenvalue weighted by molar-refractivity contribution is 1.06. The Morgan fingerprint density at radius 3 is 3.00 bits per heavy atom. The van der Waals surface area contributed by atoms with Crippen molar-refractivity contribution in [2.45, 2.75) is 13.3 Å². The van der Waals surface area contributed by atoms with Crippen molar-refractivity contribution in [2.75, 3.05) is 0 Å². The van der Waals surface area contributed by atoms with E-state index in [4.69, 9.17) is 0 Å². The molecule has 59 valence electrons. The Labute approximate surface area is 72.1 Å². The van der Waals surface area contributed by atoms with E-state index in [1.165, 1.54) is 0 Å². The van der Waals surface area contributed by atoms with E-state index in [2.05, 4.69) is 18.0 Å². The van der Waals surface area contributed by atoms with Crippen molar-refractivity contribution >= 4 is 10.9 Å². The van der Waals surface area contributed by atoms with Gasteiger partial charge in [-0.2, -0.15) is 0 Å². The molecule has 1 heterocycles. The first-order valence-electron chi connectivity index (χ1n) is 4.16. The van der Waals surface area contributed by atoms with Crippen molar-refractivity contribution in [3.05, 3.63) is 42.1 Å². The maximum Gasteiger partial charge on any atom is 0.0711 e. The lowest BCUT2D eigenvalue weighted by Crippen LogP contribution is -1.86. The van der Waals surface area contributed by atoms with Crippen LogP contribution in [-0.2, 0) is 6.42 Å². The van der Waals surface area contributed by atoms with E-state index >= 15 is 0 Å². The van der Waals surface area contributed by atoms with Crippen molar-refractivity contribution in [3.8, 4) is 0 Å². The zero-order chi connectivity index (χ0) is 8.39. The summed E-state index contributed by atoms with van der Waals surface area (Å²) in [7, 11) is 0. The highest BCUT2D eigenvalue weighted by atomic mass is 14.7. The summed E-state index contributed by atoms with van der Waals surface area (Å²) in [6, 6.07) is 13.2. The first-order valence-corrected chi connectivity index (χ1v) is 4.16. The summed E-state index contributed by atoms with van der Waals surface area (Å²) in [4.78, 5) is 4.46. The number of pyridine rings is 1. The van der Waals surface area contributed by atoms with Gasteiger partial charge in [0, 0.05) is 11.1 Å². The summed E-state index contributed by atoms with van der Waals surface area (Å²) in [5, 5.41) is 1.09. The van der Waals surface area contributed by atoms with E-state index in [0.29, 0.717) is 0 Å². The molecule has 1 radical (unpaired) electrons. The van der Waals surface area contributed by atoms with E-state index < -0.39 is 0 Å². The third kappa shape index (κ3) is 1.18. The van der Waals surface area contributed by atoms with Crippen LogP contribution >= 0.6 is 0 Å². The highest BCUT2D eigenvalue weighted by molar-refractivity contribution is 5.77. The third-order valence-electron chi connectivity index (χ3n) is 1.92. The van der Waals surface area contributed by atoms with Gasteiger partial charge in [-0.25, -0.2) is 0 Å². The predicted octanol–water partition coefficient (Wildman–Crippen LogP) is 2.60. The monoisotopic (exact) mass is 156 g/mol. The summed E-state index contributed by atoms with van der Waals surface area (Å²) < 4.78 is 0. The summed E-state index contributed by atoms with van der Waals surface area (Å²) in [5.41, 5.74) is 2.14. The molecular weight excluding hydrogens is 146 g/mol. The van der Waals surface area contributed by atoms with Gasteiger partial charge in [0.05, 0.1) is 5.52 Å². The summed E-state index contributed by atoms with van der Waals surface area (Å²) in [6.07, 6.45) is 0.974. The first kappa shape index (κ1) is 7.29. The number of benzene rings is 1. The fraction of sp³-hybridized carbons (Fsp3) is 0.182. The second kappa shape index (κ2) is 2.94. The van der Waals surface area contributed by atoms with Crippen molar-refractivity contribution in [3.63, 3.8) is 0 Å². The van der Waals surface area contributed by atoms with Crippen molar-refractivity contribution in [2.24, 2.45) is 0 Å². The molecule has 0 spiro atoms. The highest BCUT2D eigenvalue weighted by Gasteiger charge is 1.94. The molecule has 0 aliphatic rings. The second-order valence-corrected chi connectivity index (χ2v) is 2.76. The molecule has 0 aliphatic carbocycles. The average Bonchev–Trinajstić information content (AvgIpc) is 2.17. The average molecular weight is 156 g/mol. The second-order valence-electron chi connectivity index (χ2n) is 2.76. The molecule has 0 aliphatic heterocycles. The predicted molar refractivity (Wildman–Crippen MR) is 50.0 cm³/mol. The van der Waals surface area contributed by atoms with Gasteiger partial charge in [0.25, 0.3) is 0 Å². The molecule has 1 heteroatoms. The Kier molecular flexibility index (Phi) is 1.78. The SMILES string of the molecule is CCc1c[c]c2ccccc2n1. The van der Waals surface area contributed by atoms with E-state index in [1.807, 2.05) is 30.3 Å². The van der Waals surface area contributed by atoms with Gasteiger partial charge in [-0.15, -0.1) is 0 Å². The summed E-state index contributed by atoms with van der Waals surface area (Å²) in [5.74, 6) is 0. The molecule has 0 saturated carbocycles. The number of hydrogen-bond donors (Lipinski definition) is 0. The van der Waals surface area contributed by atoms with E-state index in [9.17, 15) is 0 Å². The minimum atomic E-state index is 0.974. The van der Waals surface area contributed by atoms with Crippen LogP contribution in [0.3, 0.4) is 0 Å². The number of aromatic nitrogens is 1. The molecule has 0 unspecified atom stereocenters. The fourth-order valence-corrected chi connectivity index (χ4v) is 1.22. The number of nitrogens with zero attached hydrogens (tertiary/aromatic N) is 1. The van der Waals surface area contributed by atoms with Crippen LogP contribution in [0.4, 0.5) is 0 Å². The van der Waals surface area contributed by atoms with Crippen LogP contribution in [0.25, 0.3) is 10.9 Å². The van der Waals surface area contributed by atoms with Gasteiger partial charge in [-0.3, -0.25) is 4.98 Å². The van der Waals surface area contributed by atoms with Crippen LogP contribution in [0.2, 0.25) is 0 Å². The van der Waals surface area contributed by atoms with Gasteiger partial charge in [0.1, 0.15) is 0 Å². The number of hydrogen-bond acceptors (Lipinski definition) is 1. The molecule has 1 nitrogen and oxygen atoms in total. The smallest absolute Gasteiger partial charge is 0.0711 e. The molecule has 0 N–H and O–H groups in total. The Bertz CT molecular complexity index is 393. The van der Waals surface area contributed by atoms with Crippen molar-refractivity contribution in [1.29, 1.82) is 0 Å². The van der Waals surface area contributed by atoms with Crippen molar-refractivity contribution in [1.82, 2.24) is 4.98 Å². The first-order chi connectivity index (χ1) is 5.90. The number of aryl methyl sites for hydroxylation is 1. The van der Waals surface area contributed by atoms with Gasteiger partial charge >= 0.3 is 0 Å². The Hall–Kier alpha value is -1.37. The normalized spacial score (nSPS) is 10.4. The maximum atomic E-state index is 4.46. The maximum absolute atomic E-state index is 4.46. The zero-order valence-electron chi connectivity index (χ0n) is 7.04. The quantitative estimate of drug-likeness (QED) is 0.618. The molecule has 2 aromatic rings.